The molecule has 1 atom stereocenters. The zero-order valence-electron chi connectivity index (χ0n) is 14.3. The highest BCUT2D eigenvalue weighted by Gasteiger charge is 2.28. The fourth-order valence-corrected chi connectivity index (χ4v) is 3.17. The van der Waals surface area contributed by atoms with Crippen LogP contribution in [0.3, 0.4) is 0 Å². The first-order valence-electron chi connectivity index (χ1n) is 8.00. The highest BCUT2D eigenvalue weighted by molar-refractivity contribution is 5.81. The first kappa shape index (κ1) is 16.5. The molecule has 24 heavy (non-hydrogen) atoms. The van der Waals surface area contributed by atoms with E-state index >= 15 is 0 Å². The molecule has 0 spiro atoms. The molecule has 0 amide bonds. The molecule has 2 N–H and O–H groups in total. The van der Waals surface area contributed by atoms with Gasteiger partial charge in [-0.1, -0.05) is 12.1 Å². The summed E-state index contributed by atoms with van der Waals surface area (Å²) in [5.74, 6) is 3.04. The zero-order chi connectivity index (χ0) is 17.1. The Morgan fingerprint density at radius 3 is 2.58 bits per heavy atom. The van der Waals surface area contributed by atoms with Crippen molar-refractivity contribution in [3.63, 3.8) is 0 Å². The molecule has 5 nitrogen and oxygen atoms in total. The van der Waals surface area contributed by atoms with Crippen LogP contribution < -0.4 is 24.7 Å². The van der Waals surface area contributed by atoms with Crippen molar-refractivity contribution >= 4 is 0 Å². The monoisotopic (exact) mass is 329 g/mol. The summed E-state index contributed by atoms with van der Waals surface area (Å²) in [4.78, 5) is 0. The summed E-state index contributed by atoms with van der Waals surface area (Å²) in [6.45, 7) is 0.605. The molecule has 2 aromatic carbocycles. The van der Waals surface area contributed by atoms with E-state index in [0.29, 0.717) is 18.0 Å². The maximum absolute atomic E-state index is 6.17. The Morgan fingerprint density at radius 1 is 1.08 bits per heavy atom. The second-order valence-corrected chi connectivity index (χ2v) is 5.73. The Hall–Kier alpha value is -2.40. The second kappa shape index (κ2) is 7.01. The van der Waals surface area contributed by atoms with Crippen LogP contribution in [0.4, 0.5) is 0 Å². The summed E-state index contributed by atoms with van der Waals surface area (Å²) in [5.41, 5.74) is 8.68. The Balaban J connectivity index is 2.14. The van der Waals surface area contributed by atoms with Crippen molar-refractivity contribution < 1.29 is 18.9 Å². The van der Waals surface area contributed by atoms with Crippen molar-refractivity contribution in [1.82, 2.24) is 0 Å². The average molecular weight is 329 g/mol. The summed E-state index contributed by atoms with van der Waals surface area (Å²) >= 11 is 0. The standard InChI is InChI=1S/C19H23NO4/c1-21-14-10-12-9-13(7-8-20)24-18(12)16(11-14)15-5-4-6-17(22-2)19(15)23-3/h4-6,10-11,13H,7-9,20H2,1-3H3. The summed E-state index contributed by atoms with van der Waals surface area (Å²) in [7, 11) is 4.94. The van der Waals surface area contributed by atoms with Crippen LogP contribution in [0, 0.1) is 0 Å². The molecule has 0 fully saturated rings. The molecule has 3 rings (SSSR count). The Morgan fingerprint density at radius 2 is 1.92 bits per heavy atom. The van der Waals surface area contributed by atoms with E-state index in [2.05, 4.69) is 0 Å². The predicted molar refractivity (Wildman–Crippen MR) is 93.3 cm³/mol. The van der Waals surface area contributed by atoms with E-state index in [-0.39, 0.29) is 6.10 Å². The second-order valence-electron chi connectivity index (χ2n) is 5.73. The molecule has 0 bridgehead atoms. The average Bonchev–Trinajstić information content (AvgIpc) is 3.02. The lowest BCUT2D eigenvalue weighted by molar-refractivity contribution is 0.225. The van der Waals surface area contributed by atoms with Crippen LogP contribution in [-0.2, 0) is 6.42 Å². The van der Waals surface area contributed by atoms with E-state index in [1.54, 1.807) is 21.3 Å². The number of methoxy groups -OCH3 is 3. The number of ether oxygens (including phenoxy) is 4. The third-order valence-electron chi connectivity index (χ3n) is 4.29. The normalized spacial score (nSPS) is 15.6. The van der Waals surface area contributed by atoms with E-state index in [4.69, 9.17) is 24.7 Å². The highest BCUT2D eigenvalue weighted by Crippen LogP contribution is 2.47. The van der Waals surface area contributed by atoms with Gasteiger partial charge in [0.15, 0.2) is 11.5 Å². The molecule has 0 aromatic heterocycles. The first-order chi connectivity index (χ1) is 11.7. The molecule has 1 aliphatic rings. The van der Waals surface area contributed by atoms with Gasteiger partial charge < -0.3 is 24.7 Å². The van der Waals surface area contributed by atoms with Crippen LogP contribution in [0.5, 0.6) is 23.0 Å². The Bertz CT molecular complexity index is 730. The molecule has 1 aliphatic heterocycles. The van der Waals surface area contributed by atoms with Gasteiger partial charge in [0.1, 0.15) is 17.6 Å². The van der Waals surface area contributed by atoms with Gasteiger partial charge in [-0.25, -0.2) is 0 Å². The fraction of sp³-hybridized carbons (Fsp3) is 0.368. The summed E-state index contributed by atoms with van der Waals surface area (Å²) in [6.07, 6.45) is 1.77. The van der Waals surface area contributed by atoms with Gasteiger partial charge in [-0.15, -0.1) is 0 Å². The number of para-hydroxylation sites is 1. The van der Waals surface area contributed by atoms with Crippen molar-refractivity contribution in [2.24, 2.45) is 5.73 Å². The minimum absolute atomic E-state index is 0.104. The van der Waals surface area contributed by atoms with Gasteiger partial charge in [-0.2, -0.15) is 0 Å². The lowest BCUT2D eigenvalue weighted by Crippen LogP contribution is -2.17. The molecule has 0 radical (unpaired) electrons. The van der Waals surface area contributed by atoms with Crippen molar-refractivity contribution in [2.45, 2.75) is 18.9 Å². The minimum atomic E-state index is 0.104. The fourth-order valence-electron chi connectivity index (χ4n) is 3.17. The van der Waals surface area contributed by atoms with Crippen LogP contribution in [-0.4, -0.2) is 34.0 Å². The number of hydrogen-bond acceptors (Lipinski definition) is 5. The number of rotatable bonds is 6. The lowest BCUT2D eigenvalue weighted by atomic mass is 9.98. The van der Waals surface area contributed by atoms with Crippen LogP contribution in [0.1, 0.15) is 12.0 Å². The van der Waals surface area contributed by atoms with Gasteiger partial charge >= 0.3 is 0 Å². The molecular formula is C19H23NO4. The van der Waals surface area contributed by atoms with Crippen molar-refractivity contribution in [3.05, 3.63) is 35.9 Å². The molecule has 1 heterocycles. The Kier molecular flexibility index (Phi) is 4.81. The summed E-state index contributed by atoms with van der Waals surface area (Å²) < 4.78 is 22.7. The van der Waals surface area contributed by atoms with E-state index in [9.17, 15) is 0 Å². The number of benzene rings is 2. The largest absolute Gasteiger partial charge is 0.497 e. The molecular weight excluding hydrogens is 306 g/mol. The molecule has 5 heteroatoms. The van der Waals surface area contributed by atoms with Crippen LogP contribution >= 0.6 is 0 Å². The highest BCUT2D eigenvalue weighted by atomic mass is 16.5. The van der Waals surface area contributed by atoms with Crippen LogP contribution in [0.2, 0.25) is 0 Å². The zero-order valence-corrected chi connectivity index (χ0v) is 14.3. The summed E-state index contributed by atoms with van der Waals surface area (Å²) in [6, 6.07) is 9.81. The molecule has 128 valence electrons. The number of nitrogens with two attached hydrogens (primary N) is 1. The third kappa shape index (κ3) is 2.87. The van der Waals surface area contributed by atoms with Gasteiger partial charge in [0.2, 0.25) is 0 Å². The number of hydrogen-bond donors (Lipinski definition) is 1. The molecule has 0 aliphatic carbocycles. The van der Waals surface area contributed by atoms with Crippen molar-refractivity contribution in [2.75, 3.05) is 27.9 Å². The maximum atomic E-state index is 6.17. The van der Waals surface area contributed by atoms with E-state index < -0.39 is 0 Å². The Labute approximate surface area is 142 Å². The quantitative estimate of drug-likeness (QED) is 0.882. The smallest absolute Gasteiger partial charge is 0.168 e. The first-order valence-corrected chi connectivity index (χ1v) is 8.00. The summed E-state index contributed by atoms with van der Waals surface area (Å²) in [5, 5.41) is 0. The molecule has 2 aromatic rings. The maximum Gasteiger partial charge on any atom is 0.168 e. The molecule has 0 saturated carbocycles. The van der Waals surface area contributed by atoms with Gasteiger partial charge in [0, 0.05) is 23.1 Å². The van der Waals surface area contributed by atoms with Crippen molar-refractivity contribution in [1.29, 1.82) is 0 Å². The van der Waals surface area contributed by atoms with Gasteiger partial charge in [0.05, 0.1) is 21.3 Å². The third-order valence-corrected chi connectivity index (χ3v) is 4.29. The van der Waals surface area contributed by atoms with E-state index in [0.717, 1.165) is 41.0 Å². The van der Waals surface area contributed by atoms with Crippen molar-refractivity contribution in [3.8, 4) is 34.1 Å². The van der Waals surface area contributed by atoms with E-state index in [1.165, 1.54) is 0 Å². The lowest BCUT2D eigenvalue weighted by Gasteiger charge is -2.16. The van der Waals surface area contributed by atoms with Gasteiger partial charge in [0.25, 0.3) is 0 Å². The van der Waals surface area contributed by atoms with Gasteiger partial charge in [-0.3, -0.25) is 0 Å². The topological polar surface area (TPSA) is 62.9 Å². The van der Waals surface area contributed by atoms with Gasteiger partial charge in [-0.05, 0) is 31.2 Å². The van der Waals surface area contributed by atoms with E-state index in [1.807, 2.05) is 30.3 Å². The van der Waals surface area contributed by atoms with Crippen LogP contribution in [0.25, 0.3) is 11.1 Å². The number of fused-ring (bicyclic) bond motifs is 1. The molecule has 0 saturated heterocycles. The SMILES string of the molecule is COc1cc2c(c(-c3cccc(OC)c3OC)c1)OC(CCN)C2. The van der Waals surface area contributed by atoms with Crippen LogP contribution in [0.15, 0.2) is 30.3 Å². The molecule has 1 unspecified atom stereocenters. The predicted octanol–water partition coefficient (Wildman–Crippen LogP) is 3.03. The minimum Gasteiger partial charge on any atom is -0.497 e.